The number of phenolic OH excluding ortho intramolecular Hbond substituents is 1. The number of benzene rings is 1. The van der Waals surface area contributed by atoms with E-state index >= 15 is 0 Å². The van der Waals surface area contributed by atoms with E-state index in [0.717, 1.165) is 12.1 Å². The molecule has 0 radical (unpaired) electrons. The van der Waals surface area contributed by atoms with Crippen LogP contribution in [0.15, 0.2) is 18.2 Å². The molecule has 0 saturated carbocycles. The highest BCUT2D eigenvalue weighted by molar-refractivity contribution is 5.94. The summed E-state index contributed by atoms with van der Waals surface area (Å²) in [6, 6.07) is 4.89. The SMILES string of the molecule is Cc1cc(O)cc(C(=O)NCC(C)(C)CN(C)C)c1. The molecular formula is C15H24N2O2. The zero-order chi connectivity index (χ0) is 14.6. The maximum absolute atomic E-state index is 12.0. The van der Waals surface area contributed by atoms with Crippen LogP contribution in [0, 0.1) is 12.3 Å². The molecular weight excluding hydrogens is 240 g/mol. The van der Waals surface area contributed by atoms with Gasteiger partial charge in [0, 0.05) is 18.7 Å². The van der Waals surface area contributed by atoms with E-state index in [4.69, 9.17) is 0 Å². The Bertz CT molecular complexity index is 433. The van der Waals surface area contributed by atoms with E-state index in [1.165, 1.54) is 6.07 Å². The number of nitrogens with one attached hydrogen (secondary N) is 1. The van der Waals surface area contributed by atoms with Crippen LogP contribution in [0.4, 0.5) is 0 Å². The van der Waals surface area contributed by atoms with Crippen molar-refractivity contribution in [1.29, 1.82) is 0 Å². The summed E-state index contributed by atoms with van der Waals surface area (Å²) in [5.74, 6) is -0.0245. The normalized spacial score (nSPS) is 11.7. The Kier molecular flexibility index (Phi) is 4.95. The highest BCUT2D eigenvalue weighted by atomic mass is 16.3. The first-order valence-corrected chi connectivity index (χ1v) is 6.43. The van der Waals surface area contributed by atoms with Gasteiger partial charge in [-0.3, -0.25) is 4.79 Å². The van der Waals surface area contributed by atoms with Gasteiger partial charge in [-0.2, -0.15) is 0 Å². The number of rotatable bonds is 5. The Morgan fingerprint density at radius 1 is 1.32 bits per heavy atom. The summed E-state index contributed by atoms with van der Waals surface area (Å²) in [7, 11) is 4.03. The predicted molar refractivity (Wildman–Crippen MR) is 77.5 cm³/mol. The van der Waals surface area contributed by atoms with E-state index in [2.05, 4.69) is 24.1 Å². The second-order valence-corrected chi connectivity index (χ2v) is 6.14. The van der Waals surface area contributed by atoms with Crippen molar-refractivity contribution in [3.63, 3.8) is 0 Å². The van der Waals surface area contributed by atoms with E-state index in [0.29, 0.717) is 12.1 Å². The maximum atomic E-state index is 12.0. The molecule has 0 unspecified atom stereocenters. The van der Waals surface area contributed by atoms with Gasteiger partial charge >= 0.3 is 0 Å². The van der Waals surface area contributed by atoms with E-state index in [1.54, 1.807) is 12.1 Å². The molecule has 0 aliphatic rings. The average Bonchev–Trinajstić information content (AvgIpc) is 2.22. The standard InChI is InChI=1S/C15H24N2O2/c1-11-6-12(8-13(18)7-11)14(19)16-9-15(2,3)10-17(4)5/h6-8,18H,9-10H2,1-5H3,(H,16,19). The third kappa shape index (κ3) is 5.30. The molecule has 0 heterocycles. The van der Waals surface area contributed by atoms with E-state index in [9.17, 15) is 9.90 Å². The quantitative estimate of drug-likeness (QED) is 0.855. The molecule has 2 N–H and O–H groups in total. The predicted octanol–water partition coefficient (Wildman–Crippen LogP) is 2.02. The van der Waals surface area contributed by atoms with Crippen LogP contribution in [0.25, 0.3) is 0 Å². The van der Waals surface area contributed by atoms with Crippen LogP contribution >= 0.6 is 0 Å². The lowest BCUT2D eigenvalue weighted by atomic mass is 9.93. The molecule has 4 nitrogen and oxygen atoms in total. The van der Waals surface area contributed by atoms with Crippen molar-refractivity contribution in [3.05, 3.63) is 29.3 Å². The van der Waals surface area contributed by atoms with Crippen molar-refractivity contribution in [2.24, 2.45) is 5.41 Å². The maximum Gasteiger partial charge on any atom is 0.251 e. The van der Waals surface area contributed by atoms with Gasteiger partial charge in [-0.25, -0.2) is 0 Å². The molecule has 0 bridgehead atoms. The summed E-state index contributed by atoms with van der Waals surface area (Å²) >= 11 is 0. The van der Waals surface area contributed by atoms with Crippen molar-refractivity contribution in [3.8, 4) is 5.75 Å². The molecule has 1 rings (SSSR count). The third-order valence-corrected chi connectivity index (χ3v) is 2.80. The summed E-state index contributed by atoms with van der Waals surface area (Å²) in [6.45, 7) is 7.57. The molecule has 0 aliphatic carbocycles. The molecule has 106 valence electrons. The van der Waals surface area contributed by atoms with Crippen LogP contribution in [0.1, 0.15) is 29.8 Å². The van der Waals surface area contributed by atoms with Gasteiger partial charge in [-0.15, -0.1) is 0 Å². The van der Waals surface area contributed by atoms with Crippen molar-refractivity contribution in [1.82, 2.24) is 10.2 Å². The highest BCUT2D eigenvalue weighted by Crippen LogP contribution is 2.17. The van der Waals surface area contributed by atoms with E-state index in [-0.39, 0.29) is 17.1 Å². The Morgan fingerprint density at radius 3 is 2.47 bits per heavy atom. The van der Waals surface area contributed by atoms with Crippen molar-refractivity contribution >= 4 is 5.91 Å². The molecule has 1 aromatic carbocycles. The lowest BCUT2D eigenvalue weighted by Gasteiger charge is -2.28. The largest absolute Gasteiger partial charge is 0.508 e. The Labute approximate surface area is 115 Å². The summed E-state index contributed by atoms with van der Waals surface area (Å²) < 4.78 is 0. The number of amides is 1. The fraction of sp³-hybridized carbons (Fsp3) is 0.533. The zero-order valence-corrected chi connectivity index (χ0v) is 12.4. The third-order valence-electron chi connectivity index (χ3n) is 2.80. The van der Waals surface area contributed by atoms with Gasteiger partial charge in [-0.05, 0) is 50.2 Å². The summed E-state index contributed by atoms with van der Waals surface area (Å²) in [5.41, 5.74) is 1.38. The Balaban J connectivity index is 2.65. The fourth-order valence-corrected chi connectivity index (χ4v) is 2.23. The number of aryl methyl sites for hydroxylation is 1. The first-order chi connectivity index (χ1) is 8.69. The zero-order valence-electron chi connectivity index (χ0n) is 12.4. The van der Waals surface area contributed by atoms with Gasteiger partial charge in [0.25, 0.3) is 5.91 Å². The van der Waals surface area contributed by atoms with Crippen LogP contribution in [-0.4, -0.2) is 43.1 Å². The molecule has 0 saturated heterocycles. The van der Waals surface area contributed by atoms with E-state index < -0.39 is 0 Å². The number of carbonyl (C=O) groups is 1. The first-order valence-electron chi connectivity index (χ1n) is 6.43. The summed E-state index contributed by atoms with van der Waals surface area (Å²) in [6.07, 6.45) is 0. The minimum atomic E-state index is -0.147. The molecule has 4 heteroatoms. The molecule has 0 atom stereocenters. The van der Waals surface area contributed by atoms with Crippen LogP contribution in [0.5, 0.6) is 5.75 Å². The smallest absolute Gasteiger partial charge is 0.251 e. The molecule has 0 aliphatic heterocycles. The molecule has 0 spiro atoms. The van der Waals surface area contributed by atoms with E-state index in [1.807, 2.05) is 21.0 Å². The molecule has 1 amide bonds. The highest BCUT2D eigenvalue weighted by Gasteiger charge is 2.20. The number of phenols is 1. The Hall–Kier alpha value is -1.55. The average molecular weight is 264 g/mol. The van der Waals surface area contributed by atoms with Crippen LogP contribution in [0.3, 0.4) is 0 Å². The van der Waals surface area contributed by atoms with Crippen LogP contribution in [0.2, 0.25) is 0 Å². The van der Waals surface area contributed by atoms with Gasteiger partial charge in [-0.1, -0.05) is 13.8 Å². The van der Waals surface area contributed by atoms with Crippen molar-refractivity contribution in [2.75, 3.05) is 27.2 Å². The number of nitrogens with zero attached hydrogens (tertiary/aromatic N) is 1. The van der Waals surface area contributed by atoms with Crippen molar-refractivity contribution in [2.45, 2.75) is 20.8 Å². The Morgan fingerprint density at radius 2 is 1.95 bits per heavy atom. The topological polar surface area (TPSA) is 52.6 Å². The minimum Gasteiger partial charge on any atom is -0.508 e. The molecule has 1 aromatic rings. The van der Waals surface area contributed by atoms with Gasteiger partial charge in [0.05, 0.1) is 0 Å². The molecule has 0 fully saturated rings. The van der Waals surface area contributed by atoms with Gasteiger partial charge in [0.2, 0.25) is 0 Å². The number of hydrogen-bond acceptors (Lipinski definition) is 3. The molecule has 0 aromatic heterocycles. The van der Waals surface area contributed by atoms with Gasteiger partial charge < -0.3 is 15.3 Å². The van der Waals surface area contributed by atoms with Crippen LogP contribution in [-0.2, 0) is 0 Å². The number of carbonyl (C=O) groups excluding carboxylic acids is 1. The molecule has 19 heavy (non-hydrogen) atoms. The van der Waals surface area contributed by atoms with Gasteiger partial charge in [0.15, 0.2) is 0 Å². The summed E-state index contributed by atoms with van der Waals surface area (Å²) in [5, 5.41) is 12.4. The van der Waals surface area contributed by atoms with Crippen molar-refractivity contribution < 1.29 is 9.90 Å². The first kappa shape index (κ1) is 15.5. The lowest BCUT2D eigenvalue weighted by molar-refractivity contribution is 0.0928. The second kappa shape index (κ2) is 6.06. The fourth-order valence-electron chi connectivity index (χ4n) is 2.23. The lowest BCUT2D eigenvalue weighted by Crippen LogP contribution is -2.39. The number of aromatic hydroxyl groups is 1. The van der Waals surface area contributed by atoms with Gasteiger partial charge in [0.1, 0.15) is 5.75 Å². The second-order valence-electron chi connectivity index (χ2n) is 6.14. The monoisotopic (exact) mass is 264 g/mol. The number of hydrogen-bond donors (Lipinski definition) is 2. The minimum absolute atomic E-state index is 0.00499. The van der Waals surface area contributed by atoms with Crippen LogP contribution < -0.4 is 5.32 Å². The summed E-state index contributed by atoms with van der Waals surface area (Å²) in [4.78, 5) is 14.1.